The van der Waals surface area contributed by atoms with Crippen molar-refractivity contribution in [3.05, 3.63) is 47.9 Å². The standard InChI is InChI=1S/C13H15FN2O/c14-12-5-3-11(4-6-12)9-16-13(17)15-8-7-10-1-2-10/h3-8,10H,1-2,9H2,(H2,15,16,17)/b8-7+. The molecule has 17 heavy (non-hydrogen) atoms. The summed E-state index contributed by atoms with van der Waals surface area (Å²) < 4.78 is 12.6. The molecule has 1 aliphatic rings. The molecule has 0 saturated heterocycles. The van der Waals surface area contributed by atoms with Crippen molar-refractivity contribution in [2.75, 3.05) is 0 Å². The van der Waals surface area contributed by atoms with Gasteiger partial charge in [-0.2, -0.15) is 0 Å². The molecule has 2 amide bonds. The highest BCUT2D eigenvalue weighted by Gasteiger charge is 2.16. The zero-order chi connectivity index (χ0) is 12.1. The maximum Gasteiger partial charge on any atom is 0.319 e. The number of rotatable bonds is 4. The van der Waals surface area contributed by atoms with Crippen LogP contribution in [0.25, 0.3) is 0 Å². The molecule has 2 N–H and O–H groups in total. The molecule has 1 aliphatic carbocycles. The summed E-state index contributed by atoms with van der Waals surface area (Å²) >= 11 is 0. The minimum absolute atomic E-state index is 0.244. The molecule has 0 radical (unpaired) electrons. The molecule has 2 rings (SSSR count). The Morgan fingerprint density at radius 3 is 2.71 bits per heavy atom. The number of carbonyl (C=O) groups excluding carboxylic acids is 1. The van der Waals surface area contributed by atoms with E-state index in [1.165, 1.54) is 25.0 Å². The lowest BCUT2D eigenvalue weighted by atomic mass is 10.2. The van der Waals surface area contributed by atoms with Crippen LogP contribution in [0, 0.1) is 11.7 Å². The van der Waals surface area contributed by atoms with E-state index < -0.39 is 0 Å². The van der Waals surface area contributed by atoms with Gasteiger partial charge in [0.15, 0.2) is 0 Å². The van der Waals surface area contributed by atoms with Gasteiger partial charge in [-0.3, -0.25) is 0 Å². The number of carbonyl (C=O) groups is 1. The van der Waals surface area contributed by atoms with E-state index in [4.69, 9.17) is 0 Å². The SMILES string of the molecule is O=C(N/C=C/C1CC1)NCc1ccc(F)cc1. The van der Waals surface area contributed by atoms with Crippen LogP contribution in [-0.4, -0.2) is 6.03 Å². The number of nitrogens with one attached hydrogen (secondary N) is 2. The number of hydrogen-bond acceptors (Lipinski definition) is 1. The number of hydrogen-bond donors (Lipinski definition) is 2. The first-order valence-corrected chi connectivity index (χ1v) is 5.69. The van der Waals surface area contributed by atoms with Crippen LogP contribution in [0.5, 0.6) is 0 Å². The van der Waals surface area contributed by atoms with Crippen LogP contribution in [0.15, 0.2) is 36.5 Å². The molecule has 0 aromatic heterocycles. The normalized spacial score (nSPS) is 14.9. The summed E-state index contributed by atoms with van der Waals surface area (Å²) in [6, 6.07) is 5.81. The first kappa shape index (κ1) is 11.6. The first-order valence-electron chi connectivity index (χ1n) is 5.69. The Hall–Kier alpha value is -1.84. The van der Waals surface area contributed by atoms with Crippen LogP contribution >= 0.6 is 0 Å². The van der Waals surface area contributed by atoms with Gasteiger partial charge in [-0.15, -0.1) is 0 Å². The molecule has 0 atom stereocenters. The second-order valence-electron chi connectivity index (χ2n) is 4.15. The molecule has 1 aromatic carbocycles. The van der Waals surface area contributed by atoms with Crippen LogP contribution in [-0.2, 0) is 6.54 Å². The average molecular weight is 234 g/mol. The highest BCUT2D eigenvalue weighted by atomic mass is 19.1. The maximum absolute atomic E-state index is 12.6. The van der Waals surface area contributed by atoms with Crippen molar-refractivity contribution < 1.29 is 9.18 Å². The van der Waals surface area contributed by atoms with Gasteiger partial charge < -0.3 is 10.6 Å². The molecular weight excluding hydrogens is 219 g/mol. The summed E-state index contributed by atoms with van der Waals surface area (Å²) in [4.78, 5) is 11.3. The summed E-state index contributed by atoms with van der Waals surface area (Å²) in [5.41, 5.74) is 0.868. The number of amides is 2. The quantitative estimate of drug-likeness (QED) is 0.825. The zero-order valence-electron chi connectivity index (χ0n) is 9.45. The average Bonchev–Trinajstić information content (AvgIpc) is 3.12. The Balaban J connectivity index is 1.69. The van der Waals surface area contributed by atoms with Crippen LogP contribution < -0.4 is 10.6 Å². The summed E-state index contributed by atoms with van der Waals surface area (Å²) in [6.07, 6.45) is 6.11. The molecule has 3 nitrogen and oxygen atoms in total. The van der Waals surface area contributed by atoms with Gasteiger partial charge in [-0.05, 0) is 36.5 Å². The van der Waals surface area contributed by atoms with Gasteiger partial charge in [0.2, 0.25) is 0 Å². The van der Waals surface area contributed by atoms with Crippen molar-refractivity contribution >= 4 is 6.03 Å². The van der Waals surface area contributed by atoms with E-state index in [0.717, 1.165) is 5.56 Å². The van der Waals surface area contributed by atoms with Gasteiger partial charge in [-0.1, -0.05) is 18.2 Å². The summed E-state index contributed by atoms with van der Waals surface area (Å²) in [7, 11) is 0. The van der Waals surface area contributed by atoms with E-state index in [2.05, 4.69) is 10.6 Å². The number of benzene rings is 1. The minimum Gasteiger partial charge on any atom is -0.334 e. The van der Waals surface area contributed by atoms with Crippen LogP contribution in [0.3, 0.4) is 0 Å². The molecule has 90 valence electrons. The molecule has 0 spiro atoms. The van der Waals surface area contributed by atoms with Crippen LogP contribution in [0.2, 0.25) is 0 Å². The third kappa shape index (κ3) is 4.26. The van der Waals surface area contributed by atoms with Gasteiger partial charge >= 0.3 is 6.03 Å². The monoisotopic (exact) mass is 234 g/mol. The van der Waals surface area contributed by atoms with Crippen molar-refractivity contribution in [2.24, 2.45) is 5.92 Å². The Labute approximate surface area is 99.7 Å². The molecule has 1 saturated carbocycles. The van der Waals surface area contributed by atoms with Gasteiger partial charge in [0.05, 0.1) is 0 Å². The molecule has 0 aliphatic heterocycles. The summed E-state index contributed by atoms with van der Waals surface area (Å²) in [5.74, 6) is 0.373. The largest absolute Gasteiger partial charge is 0.334 e. The molecule has 0 bridgehead atoms. The predicted molar refractivity (Wildman–Crippen MR) is 63.6 cm³/mol. The van der Waals surface area contributed by atoms with E-state index in [9.17, 15) is 9.18 Å². The fourth-order valence-electron chi connectivity index (χ4n) is 1.38. The third-order valence-electron chi connectivity index (χ3n) is 2.57. The molecular formula is C13H15FN2O. The Bertz CT molecular complexity index is 410. The fraction of sp³-hybridized carbons (Fsp3) is 0.308. The van der Waals surface area contributed by atoms with E-state index in [1.54, 1.807) is 18.3 Å². The van der Waals surface area contributed by atoms with E-state index in [1.807, 2.05) is 6.08 Å². The topological polar surface area (TPSA) is 41.1 Å². The van der Waals surface area contributed by atoms with E-state index >= 15 is 0 Å². The van der Waals surface area contributed by atoms with Crippen molar-refractivity contribution in [1.29, 1.82) is 0 Å². The molecule has 1 fully saturated rings. The lowest BCUT2D eigenvalue weighted by molar-refractivity contribution is 0.243. The van der Waals surface area contributed by atoms with Gasteiger partial charge in [0.1, 0.15) is 5.82 Å². The lowest BCUT2D eigenvalue weighted by Crippen LogP contribution is -2.31. The van der Waals surface area contributed by atoms with Crippen LogP contribution in [0.1, 0.15) is 18.4 Å². The van der Waals surface area contributed by atoms with Crippen LogP contribution in [0.4, 0.5) is 9.18 Å². The second kappa shape index (κ2) is 5.48. The van der Waals surface area contributed by atoms with Gasteiger partial charge in [-0.25, -0.2) is 9.18 Å². The zero-order valence-corrected chi connectivity index (χ0v) is 9.45. The van der Waals surface area contributed by atoms with Gasteiger partial charge in [0.25, 0.3) is 0 Å². The molecule has 1 aromatic rings. The van der Waals surface area contributed by atoms with Crippen molar-refractivity contribution in [1.82, 2.24) is 10.6 Å². The first-order chi connectivity index (χ1) is 8.24. The maximum atomic E-state index is 12.6. The Kier molecular flexibility index (Phi) is 3.75. The predicted octanol–water partition coefficient (Wildman–Crippen LogP) is 2.55. The van der Waals surface area contributed by atoms with Crippen molar-refractivity contribution in [2.45, 2.75) is 19.4 Å². The van der Waals surface area contributed by atoms with Crippen molar-refractivity contribution in [3.63, 3.8) is 0 Å². The van der Waals surface area contributed by atoms with E-state index in [0.29, 0.717) is 12.5 Å². The smallest absolute Gasteiger partial charge is 0.319 e. The number of halogens is 1. The fourth-order valence-corrected chi connectivity index (χ4v) is 1.38. The molecule has 0 unspecified atom stereocenters. The second-order valence-corrected chi connectivity index (χ2v) is 4.15. The van der Waals surface area contributed by atoms with Crippen molar-refractivity contribution in [3.8, 4) is 0 Å². The molecule has 0 heterocycles. The Morgan fingerprint density at radius 2 is 2.06 bits per heavy atom. The van der Waals surface area contributed by atoms with E-state index in [-0.39, 0.29) is 11.8 Å². The molecule has 4 heteroatoms. The Morgan fingerprint density at radius 1 is 1.35 bits per heavy atom. The highest BCUT2D eigenvalue weighted by molar-refractivity contribution is 5.74. The summed E-state index contributed by atoms with van der Waals surface area (Å²) in [6.45, 7) is 0.392. The third-order valence-corrected chi connectivity index (χ3v) is 2.57. The number of urea groups is 1. The highest BCUT2D eigenvalue weighted by Crippen LogP contribution is 2.29. The number of allylic oxidation sites excluding steroid dienone is 1. The summed E-state index contributed by atoms with van der Waals surface area (Å²) in [5, 5.41) is 5.32. The van der Waals surface area contributed by atoms with Gasteiger partial charge in [0, 0.05) is 12.7 Å². The minimum atomic E-state index is -0.273. The lowest BCUT2D eigenvalue weighted by Gasteiger charge is -2.04.